The number of benzene rings is 1. The van der Waals surface area contributed by atoms with Crippen LogP contribution in [0.1, 0.15) is 24.4 Å². The third-order valence-corrected chi connectivity index (χ3v) is 4.56. The molecule has 0 saturated carbocycles. The van der Waals surface area contributed by atoms with Gasteiger partial charge in [-0.1, -0.05) is 0 Å². The van der Waals surface area contributed by atoms with Crippen LogP contribution >= 0.6 is 0 Å². The molecule has 0 aliphatic carbocycles. The first-order chi connectivity index (χ1) is 9.31. The largest absolute Gasteiger partial charge is 0.399 e. The van der Waals surface area contributed by atoms with Gasteiger partial charge in [0.05, 0.1) is 10.9 Å². The van der Waals surface area contributed by atoms with E-state index in [4.69, 9.17) is 5.73 Å². The van der Waals surface area contributed by atoms with E-state index in [-0.39, 0.29) is 4.90 Å². The van der Waals surface area contributed by atoms with E-state index in [1.165, 1.54) is 12.4 Å². The Kier molecular flexibility index (Phi) is 3.78. The first kappa shape index (κ1) is 14.5. The molecule has 1 aromatic carbocycles. The lowest BCUT2D eigenvalue weighted by molar-refractivity contribution is 0.553. The molecule has 2 aromatic rings. The predicted octanol–water partition coefficient (Wildman–Crippen LogP) is 0.745. The maximum absolute atomic E-state index is 12.3. The summed E-state index contributed by atoms with van der Waals surface area (Å²) < 4.78 is 28.8. The highest BCUT2D eigenvalue weighted by Crippen LogP contribution is 2.19. The summed E-state index contributed by atoms with van der Waals surface area (Å²) in [5.74, 6) is 0.542. The van der Waals surface area contributed by atoms with Crippen LogP contribution in [-0.2, 0) is 17.1 Å². The van der Waals surface area contributed by atoms with Crippen molar-refractivity contribution in [3.8, 4) is 0 Å². The van der Waals surface area contributed by atoms with Crippen molar-refractivity contribution in [1.29, 1.82) is 0 Å². The number of rotatable bonds is 4. The average molecular weight is 295 g/mol. The fourth-order valence-corrected chi connectivity index (χ4v) is 3.14. The Morgan fingerprint density at radius 2 is 2.10 bits per heavy atom. The van der Waals surface area contributed by atoms with Crippen molar-refractivity contribution in [3.05, 3.63) is 35.9 Å². The summed E-state index contributed by atoms with van der Waals surface area (Å²) in [7, 11) is -1.87. The molecule has 7 nitrogen and oxygen atoms in total. The van der Waals surface area contributed by atoms with Gasteiger partial charge in [-0.2, -0.15) is 0 Å². The molecule has 0 radical (unpaired) electrons. The van der Waals surface area contributed by atoms with Crippen molar-refractivity contribution in [2.75, 3.05) is 5.73 Å². The van der Waals surface area contributed by atoms with E-state index in [0.717, 1.165) is 5.56 Å². The first-order valence-electron chi connectivity index (χ1n) is 6.03. The van der Waals surface area contributed by atoms with Gasteiger partial charge in [-0.15, -0.1) is 10.2 Å². The van der Waals surface area contributed by atoms with Crippen molar-refractivity contribution in [2.24, 2.45) is 7.05 Å². The van der Waals surface area contributed by atoms with Crippen molar-refractivity contribution in [1.82, 2.24) is 19.5 Å². The zero-order chi connectivity index (χ0) is 14.9. The number of hydrogen-bond donors (Lipinski definition) is 2. The van der Waals surface area contributed by atoms with Gasteiger partial charge in [0.15, 0.2) is 0 Å². The number of nitrogens with one attached hydrogen (secondary N) is 1. The highest BCUT2D eigenvalue weighted by Gasteiger charge is 2.21. The minimum Gasteiger partial charge on any atom is -0.399 e. The zero-order valence-electron chi connectivity index (χ0n) is 11.5. The second-order valence-electron chi connectivity index (χ2n) is 4.66. The predicted molar refractivity (Wildman–Crippen MR) is 75.3 cm³/mol. The molecule has 3 N–H and O–H groups in total. The number of sulfonamides is 1. The van der Waals surface area contributed by atoms with Crippen molar-refractivity contribution >= 4 is 15.7 Å². The first-order valence-corrected chi connectivity index (χ1v) is 7.52. The van der Waals surface area contributed by atoms with Crippen LogP contribution in [0.3, 0.4) is 0 Å². The second-order valence-corrected chi connectivity index (χ2v) is 6.38. The van der Waals surface area contributed by atoms with Gasteiger partial charge in [0.1, 0.15) is 12.2 Å². The Hall–Kier alpha value is -1.93. The van der Waals surface area contributed by atoms with Gasteiger partial charge in [-0.25, -0.2) is 13.1 Å². The highest BCUT2D eigenvalue weighted by molar-refractivity contribution is 7.89. The van der Waals surface area contributed by atoms with Crippen LogP contribution in [0.5, 0.6) is 0 Å². The molecule has 0 spiro atoms. The molecule has 1 unspecified atom stereocenters. The highest BCUT2D eigenvalue weighted by atomic mass is 32.2. The molecule has 20 heavy (non-hydrogen) atoms. The Labute approximate surface area is 117 Å². The molecule has 1 aromatic heterocycles. The summed E-state index contributed by atoms with van der Waals surface area (Å²) in [6.45, 7) is 3.48. The SMILES string of the molecule is Cc1cc(S(=O)(=O)NC(C)c2nncn2C)ccc1N. The van der Waals surface area contributed by atoms with E-state index < -0.39 is 16.1 Å². The molecule has 0 saturated heterocycles. The van der Waals surface area contributed by atoms with Crippen molar-refractivity contribution in [3.63, 3.8) is 0 Å². The number of nitrogens with zero attached hydrogens (tertiary/aromatic N) is 3. The summed E-state index contributed by atoms with van der Waals surface area (Å²) in [5.41, 5.74) is 6.98. The Morgan fingerprint density at radius 3 is 2.65 bits per heavy atom. The van der Waals surface area contributed by atoms with E-state index in [0.29, 0.717) is 11.5 Å². The maximum Gasteiger partial charge on any atom is 0.241 e. The van der Waals surface area contributed by atoms with Crippen LogP contribution in [-0.4, -0.2) is 23.2 Å². The topological polar surface area (TPSA) is 103 Å². The quantitative estimate of drug-likeness (QED) is 0.810. The van der Waals surface area contributed by atoms with Gasteiger partial charge >= 0.3 is 0 Å². The molecule has 0 bridgehead atoms. The van der Waals surface area contributed by atoms with Crippen LogP contribution in [0.15, 0.2) is 29.4 Å². The van der Waals surface area contributed by atoms with Gasteiger partial charge in [0.2, 0.25) is 10.0 Å². The number of aromatic nitrogens is 3. The number of nitrogens with two attached hydrogens (primary N) is 1. The summed E-state index contributed by atoms with van der Waals surface area (Å²) in [4.78, 5) is 0.179. The van der Waals surface area contributed by atoms with Gasteiger partial charge in [-0.3, -0.25) is 0 Å². The number of aryl methyl sites for hydroxylation is 2. The zero-order valence-corrected chi connectivity index (χ0v) is 12.3. The number of anilines is 1. The molecule has 8 heteroatoms. The van der Waals surface area contributed by atoms with Crippen LogP contribution < -0.4 is 10.5 Å². The monoisotopic (exact) mass is 295 g/mol. The Bertz CT molecular complexity index is 723. The molecule has 0 amide bonds. The van der Waals surface area contributed by atoms with Crippen molar-refractivity contribution in [2.45, 2.75) is 24.8 Å². The Balaban J connectivity index is 2.27. The normalized spacial score (nSPS) is 13.3. The molecule has 108 valence electrons. The average Bonchev–Trinajstić information content (AvgIpc) is 2.78. The third-order valence-electron chi connectivity index (χ3n) is 3.02. The number of hydrogen-bond acceptors (Lipinski definition) is 5. The molecule has 1 heterocycles. The molecule has 2 rings (SSSR count). The third kappa shape index (κ3) is 2.81. The van der Waals surface area contributed by atoms with Crippen LogP contribution in [0.4, 0.5) is 5.69 Å². The fraction of sp³-hybridized carbons (Fsp3) is 0.333. The summed E-state index contributed by atoms with van der Waals surface area (Å²) in [6, 6.07) is 4.12. The van der Waals surface area contributed by atoms with Crippen LogP contribution in [0.25, 0.3) is 0 Å². The number of nitrogen functional groups attached to an aromatic ring is 1. The van der Waals surface area contributed by atoms with E-state index in [2.05, 4.69) is 14.9 Å². The molecule has 1 atom stereocenters. The molecule has 0 aliphatic rings. The fourth-order valence-electron chi connectivity index (χ4n) is 1.85. The molecule has 0 fully saturated rings. The molecular formula is C12H17N5O2S. The van der Waals surface area contributed by atoms with Crippen LogP contribution in [0.2, 0.25) is 0 Å². The van der Waals surface area contributed by atoms with Crippen molar-refractivity contribution < 1.29 is 8.42 Å². The minimum atomic E-state index is -3.63. The van der Waals surface area contributed by atoms with Gasteiger partial charge in [0, 0.05) is 12.7 Å². The van der Waals surface area contributed by atoms with Gasteiger partial charge in [-0.05, 0) is 37.6 Å². The lowest BCUT2D eigenvalue weighted by atomic mass is 10.2. The van der Waals surface area contributed by atoms with Crippen LogP contribution in [0, 0.1) is 6.92 Å². The Morgan fingerprint density at radius 1 is 1.40 bits per heavy atom. The van der Waals surface area contributed by atoms with Gasteiger partial charge in [0.25, 0.3) is 0 Å². The van der Waals surface area contributed by atoms with Gasteiger partial charge < -0.3 is 10.3 Å². The summed E-state index contributed by atoms with van der Waals surface area (Å²) in [6.07, 6.45) is 1.52. The molecular weight excluding hydrogens is 278 g/mol. The lowest BCUT2D eigenvalue weighted by Crippen LogP contribution is -2.28. The minimum absolute atomic E-state index is 0.179. The van der Waals surface area contributed by atoms with E-state index in [1.54, 1.807) is 37.6 Å². The van der Waals surface area contributed by atoms with E-state index in [9.17, 15) is 8.42 Å². The maximum atomic E-state index is 12.3. The smallest absolute Gasteiger partial charge is 0.241 e. The van der Waals surface area contributed by atoms with E-state index >= 15 is 0 Å². The summed E-state index contributed by atoms with van der Waals surface area (Å²) in [5, 5.41) is 7.62. The standard InChI is InChI=1S/C12H17N5O2S/c1-8-6-10(4-5-11(8)13)20(18,19)16-9(2)12-15-14-7-17(12)3/h4-7,9,16H,13H2,1-3H3. The molecule has 0 aliphatic heterocycles. The second kappa shape index (κ2) is 5.22. The lowest BCUT2D eigenvalue weighted by Gasteiger charge is -2.14. The summed E-state index contributed by atoms with van der Waals surface area (Å²) >= 11 is 0. The van der Waals surface area contributed by atoms with E-state index in [1.807, 2.05) is 0 Å².